The van der Waals surface area contributed by atoms with Gasteiger partial charge in [0.2, 0.25) is 0 Å². The summed E-state index contributed by atoms with van der Waals surface area (Å²) in [5.41, 5.74) is 0. The van der Waals surface area contributed by atoms with Crippen molar-refractivity contribution in [1.29, 1.82) is 0 Å². The molecule has 0 radical (unpaired) electrons. The van der Waals surface area contributed by atoms with Crippen molar-refractivity contribution in [3.63, 3.8) is 0 Å². The first-order valence-corrected chi connectivity index (χ1v) is 8.50. The SMILES string of the molecule is CN=C(NCCC1CC1)NC1CCN(CCCOC)CC1.I. The van der Waals surface area contributed by atoms with Crippen molar-refractivity contribution in [2.75, 3.05) is 46.9 Å². The van der Waals surface area contributed by atoms with Crippen LogP contribution in [0.5, 0.6) is 0 Å². The molecule has 1 heterocycles. The van der Waals surface area contributed by atoms with Crippen LogP contribution >= 0.6 is 24.0 Å². The molecule has 6 heteroatoms. The van der Waals surface area contributed by atoms with Crippen LogP contribution in [-0.4, -0.2) is 63.8 Å². The highest BCUT2D eigenvalue weighted by atomic mass is 127. The number of aliphatic imine (C=N–C) groups is 1. The Morgan fingerprint density at radius 2 is 1.95 bits per heavy atom. The summed E-state index contributed by atoms with van der Waals surface area (Å²) in [6, 6.07) is 0.566. The van der Waals surface area contributed by atoms with E-state index >= 15 is 0 Å². The number of hydrogen-bond donors (Lipinski definition) is 2. The van der Waals surface area contributed by atoms with Crippen LogP contribution in [0.1, 0.15) is 38.5 Å². The zero-order chi connectivity index (χ0) is 14.9. The third-order valence-electron chi connectivity index (χ3n) is 4.52. The molecule has 22 heavy (non-hydrogen) atoms. The Morgan fingerprint density at radius 1 is 1.23 bits per heavy atom. The molecule has 0 spiro atoms. The summed E-state index contributed by atoms with van der Waals surface area (Å²) >= 11 is 0. The molecule has 1 aliphatic heterocycles. The van der Waals surface area contributed by atoms with Gasteiger partial charge in [0.1, 0.15) is 0 Å². The van der Waals surface area contributed by atoms with Crippen molar-refractivity contribution in [2.24, 2.45) is 10.9 Å². The Hall–Kier alpha value is -0.0800. The second kappa shape index (κ2) is 11.5. The largest absolute Gasteiger partial charge is 0.385 e. The highest BCUT2D eigenvalue weighted by molar-refractivity contribution is 14.0. The number of halogens is 1. The van der Waals surface area contributed by atoms with E-state index < -0.39 is 0 Å². The number of nitrogens with one attached hydrogen (secondary N) is 2. The summed E-state index contributed by atoms with van der Waals surface area (Å²) in [7, 11) is 3.64. The van der Waals surface area contributed by atoms with Crippen molar-refractivity contribution >= 4 is 29.9 Å². The van der Waals surface area contributed by atoms with Crippen molar-refractivity contribution < 1.29 is 4.74 Å². The van der Waals surface area contributed by atoms with Crippen LogP contribution in [0.2, 0.25) is 0 Å². The van der Waals surface area contributed by atoms with Gasteiger partial charge in [-0.1, -0.05) is 12.8 Å². The van der Waals surface area contributed by atoms with Gasteiger partial charge in [-0.05, 0) is 31.6 Å². The predicted molar refractivity (Wildman–Crippen MR) is 103 cm³/mol. The summed E-state index contributed by atoms with van der Waals surface area (Å²) in [6.45, 7) is 5.45. The number of likely N-dealkylation sites (tertiary alicyclic amines) is 1. The van der Waals surface area contributed by atoms with Crippen molar-refractivity contribution in [2.45, 2.75) is 44.6 Å². The molecular formula is C16H33IN4O. The number of rotatable bonds is 8. The summed E-state index contributed by atoms with van der Waals surface area (Å²) < 4.78 is 5.12. The quantitative estimate of drug-likeness (QED) is 0.271. The molecular weight excluding hydrogens is 391 g/mol. The molecule has 0 unspecified atom stereocenters. The average molecular weight is 424 g/mol. The molecule has 0 aromatic rings. The van der Waals surface area contributed by atoms with E-state index in [4.69, 9.17) is 4.74 Å². The van der Waals surface area contributed by atoms with Crippen LogP contribution in [0.15, 0.2) is 4.99 Å². The van der Waals surface area contributed by atoms with E-state index in [0.29, 0.717) is 6.04 Å². The number of piperidine rings is 1. The van der Waals surface area contributed by atoms with E-state index in [1.54, 1.807) is 7.11 Å². The maximum atomic E-state index is 5.12. The molecule has 2 fully saturated rings. The number of ether oxygens (including phenoxy) is 1. The van der Waals surface area contributed by atoms with Crippen molar-refractivity contribution in [3.05, 3.63) is 0 Å². The minimum absolute atomic E-state index is 0. The molecule has 2 rings (SSSR count). The number of guanidine groups is 1. The van der Waals surface area contributed by atoms with Crippen LogP contribution in [0.4, 0.5) is 0 Å². The van der Waals surface area contributed by atoms with Gasteiger partial charge in [-0.25, -0.2) is 0 Å². The Kier molecular flexibility index (Phi) is 10.4. The maximum absolute atomic E-state index is 5.12. The first kappa shape index (κ1) is 20.0. The molecule has 0 amide bonds. The molecule has 0 aromatic carbocycles. The fraction of sp³-hybridized carbons (Fsp3) is 0.938. The Balaban J connectivity index is 0.00000242. The normalized spacial score (nSPS) is 20.5. The van der Waals surface area contributed by atoms with Gasteiger partial charge in [-0.2, -0.15) is 0 Å². The minimum atomic E-state index is 0. The standard InChI is InChI=1S/C16H32N4O.HI/c1-17-16(18-9-6-14-4-5-14)19-15-7-11-20(12-8-15)10-3-13-21-2;/h14-15H,3-13H2,1-2H3,(H2,17,18,19);1H. The van der Waals surface area contributed by atoms with E-state index in [2.05, 4.69) is 20.5 Å². The van der Waals surface area contributed by atoms with Crippen LogP contribution in [0.3, 0.4) is 0 Å². The fourth-order valence-electron chi connectivity index (χ4n) is 2.92. The van der Waals surface area contributed by atoms with Crippen LogP contribution in [-0.2, 0) is 4.74 Å². The smallest absolute Gasteiger partial charge is 0.191 e. The number of hydrogen-bond acceptors (Lipinski definition) is 3. The molecule has 0 bridgehead atoms. The van der Waals surface area contributed by atoms with Gasteiger partial charge in [0.15, 0.2) is 5.96 Å². The molecule has 5 nitrogen and oxygen atoms in total. The van der Waals surface area contributed by atoms with E-state index in [1.807, 2.05) is 7.05 Å². The first-order chi connectivity index (χ1) is 10.3. The third-order valence-corrected chi connectivity index (χ3v) is 4.52. The van der Waals surface area contributed by atoms with Crippen molar-refractivity contribution in [3.8, 4) is 0 Å². The van der Waals surface area contributed by atoms with Gasteiger partial charge in [-0.3, -0.25) is 4.99 Å². The highest BCUT2D eigenvalue weighted by Gasteiger charge is 2.21. The first-order valence-electron chi connectivity index (χ1n) is 8.50. The second-order valence-corrected chi connectivity index (χ2v) is 6.34. The second-order valence-electron chi connectivity index (χ2n) is 6.34. The van der Waals surface area contributed by atoms with Crippen LogP contribution in [0.25, 0.3) is 0 Å². The van der Waals surface area contributed by atoms with E-state index in [9.17, 15) is 0 Å². The lowest BCUT2D eigenvalue weighted by Gasteiger charge is -2.33. The summed E-state index contributed by atoms with van der Waals surface area (Å²) in [6.07, 6.45) is 7.69. The number of nitrogens with zero attached hydrogens (tertiary/aromatic N) is 2. The molecule has 2 aliphatic rings. The van der Waals surface area contributed by atoms with Gasteiger partial charge >= 0.3 is 0 Å². The zero-order valence-corrected chi connectivity index (χ0v) is 16.5. The Morgan fingerprint density at radius 3 is 2.55 bits per heavy atom. The van der Waals surface area contributed by atoms with Crippen LogP contribution in [0, 0.1) is 5.92 Å². The monoisotopic (exact) mass is 424 g/mol. The van der Waals surface area contributed by atoms with E-state index in [0.717, 1.165) is 38.0 Å². The Bertz CT molecular complexity index is 315. The molecule has 2 N–H and O–H groups in total. The van der Waals surface area contributed by atoms with Gasteiger partial charge in [0, 0.05) is 53.0 Å². The lowest BCUT2D eigenvalue weighted by molar-refractivity contribution is 0.155. The van der Waals surface area contributed by atoms with E-state index in [1.165, 1.54) is 45.2 Å². The number of methoxy groups -OCH3 is 1. The fourth-order valence-corrected chi connectivity index (χ4v) is 2.92. The lowest BCUT2D eigenvalue weighted by atomic mass is 10.1. The van der Waals surface area contributed by atoms with Gasteiger partial charge in [-0.15, -0.1) is 24.0 Å². The molecule has 1 saturated carbocycles. The lowest BCUT2D eigenvalue weighted by Crippen LogP contribution is -2.49. The van der Waals surface area contributed by atoms with E-state index in [-0.39, 0.29) is 24.0 Å². The average Bonchev–Trinajstić information content (AvgIpc) is 3.32. The third kappa shape index (κ3) is 7.97. The summed E-state index contributed by atoms with van der Waals surface area (Å²) in [4.78, 5) is 6.89. The minimum Gasteiger partial charge on any atom is -0.385 e. The maximum Gasteiger partial charge on any atom is 0.191 e. The predicted octanol–water partition coefficient (Wildman–Crippen LogP) is 2.07. The van der Waals surface area contributed by atoms with Crippen LogP contribution < -0.4 is 10.6 Å². The molecule has 130 valence electrons. The highest BCUT2D eigenvalue weighted by Crippen LogP contribution is 2.31. The molecule has 1 saturated heterocycles. The van der Waals surface area contributed by atoms with Gasteiger partial charge < -0.3 is 20.3 Å². The molecule has 0 aromatic heterocycles. The molecule has 0 atom stereocenters. The summed E-state index contributed by atoms with van der Waals surface area (Å²) in [5.74, 6) is 1.96. The topological polar surface area (TPSA) is 48.9 Å². The summed E-state index contributed by atoms with van der Waals surface area (Å²) in [5, 5.41) is 7.03. The zero-order valence-electron chi connectivity index (χ0n) is 14.1. The molecule has 1 aliphatic carbocycles. The van der Waals surface area contributed by atoms with Gasteiger partial charge in [0.25, 0.3) is 0 Å². The van der Waals surface area contributed by atoms with Crippen molar-refractivity contribution in [1.82, 2.24) is 15.5 Å². The Labute approximate surface area is 152 Å². The van der Waals surface area contributed by atoms with Gasteiger partial charge in [0.05, 0.1) is 0 Å².